The second kappa shape index (κ2) is 7.28. The molecule has 1 saturated heterocycles. The molecule has 0 saturated carbocycles. The number of rotatable bonds is 4. The molecule has 1 fully saturated rings. The molecule has 0 spiro atoms. The SMILES string of the molecule is CN1CCC[C@@H]1CCN1CCc2onc(-c3ccc(C(F)(F)F)cc3)c2C1. The third-order valence-electron chi connectivity index (χ3n) is 5.84. The van der Waals surface area contributed by atoms with Crippen molar-refractivity contribution >= 4 is 0 Å². The Kier molecular flexibility index (Phi) is 4.99. The van der Waals surface area contributed by atoms with Crippen LogP contribution in [0.3, 0.4) is 0 Å². The molecule has 146 valence electrons. The Bertz CT molecular complexity index is 785. The Labute approximate surface area is 156 Å². The van der Waals surface area contributed by atoms with Crippen molar-refractivity contribution in [1.29, 1.82) is 0 Å². The van der Waals surface area contributed by atoms with Crippen LogP contribution in [-0.2, 0) is 19.1 Å². The minimum atomic E-state index is -4.33. The predicted octanol–water partition coefficient (Wildman–Crippen LogP) is 4.20. The van der Waals surface area contributed by atoms with Gasteiger partial charge in [-0.2, -0.15) is 13.2 Å². The van der Waals surface area contributed by atoms with Crippen LogP contribution in [0, 0.1) is 0 Å². The van der Waals surface area contributed by atoms with E-state index in [1.165, 1.54) is 31.5 Å². The van der Waals surface area contributed by atoms with Gasteiger partial charge in [0, 0.05) is 36.7 Å². The molecule has 0 unspecified atom stereocenters. The van der Waals surface area contributed by atoms with E-state index in [2.05, 4.69) is 22.0 Å². The summed E-state index contributed by atoms with van der Waals surface area (Å²) in [5, 5.41) is 4.15. The molecule has 2 aromatic rings. The highest BCUT2D eigenvalue weighted by molar-refractivity contribution is 5.64. The summed E-state index contributed by atoms with van der Waals surface area (Å²) in [7, 11) is 2.19. The second-order valence-corrected chi connectivity index (χ2v) is 7.60. The second-order valence-electron chi connectivity index (χ2n) is 7.60. The van der Waals surface area contributed by atoms with E-state index in [1.54, 1.807) is 0 Å². The maximum Gasteiger partial charge on any atom is 0.416 e. The molecule has 0 amide bonds. The normalized spacial score (nSPS) is 21.6. The Hall–Kier alpha value is -1.86. The fraction of sp³-hybridized carbons (Fsp3) is 0.550. The summed E-state index contributed by atoms with van der Waals surface area (Å²) in [5.74, 6) is 0.860. The molecule has 2 aliphatic heterocycles. The number of benzene rings is 1. The van der Waals surface area contributed by atoms with Gasteiger partial charge in [-0.05, 0) is 51.5 Å². The van der Waals surface area contributed by atoms with Crippen LogP contribution in [0.4, 0.5) is 13.2 Å². The van der Waals surface area contributed by atoms with E-state index in [1.807, 2.05) is 0 Å². The molecule has 27 heavy (non-hydrogen) atoms. The number of alkyl halides is 3. The van der Waals surface area contributed by atoms with Crippen LogP contribution in [0.25, 0.3) is 11.3 Å². The zero-order valence-electron chi connectivity index (χ0n) is 15.4. The average Bonchev–Trinajstić information content (AvgIpc) is 3.25. The highest BCUT2D eigenvalue weighted by Crippen LogP contribution is 2.34. The molecule has 1 atom stereocenters. The van der Waals surface area contributed by atoms with Crippen molar-refractivity contribution in [2.45, 2.75) is 44.4 Å². The highest BCUT2D eigenvalue weighted by atomic mass is 19.4. The monoisotopic (exact) mass is 379 g/mol. The van der Waals surface area contributed by atoms with Crippen LogP contribution in [0.15, 0.2) is 28.8 Å². The Morgan fingerprint density at radius 2 is 1.96 bits per heavy atom. The van der Waals surface area contributed by atoms with Gasteiger partial charge in [0.25, 0.3) is 0 Å². The quantitative estimate of drug-likeness (QED) is 0.797. The molecular weight excluding hydrogens is 355 g/mol. The molecule has 4 rings (SSSR count). The fourth-order valence-electron chi connectivity index (χ4n) is 4.18. The smallest absolute Gasteiger partial charge is 0.360 e. The maximum atomic E-state index is 12.8. The number of likely N-dealkylation sites (tertiary alicyclic amines) is 1. The lowest BCUT2D eigenvalue weighted by atomic mass is 10.00. The number of hydrogen-bond acceptors (Lipinski definition) is 4. The van der Waals surface area contributed by atoms with Gasteiger partial charge in [-0.3, -0.25) is 4.90 Å². The number of halogens is 3. The lowest BCUT2D eigenvalue weighted by Crippen LogP contribution is -2.35. The molecule has 1 aromatic carbocycles. The number of fused-ring (bicyclic) bond motifs is 1. The number of aromatic nitrogens is 1. The van der Waals surface area contributed by atoms with Gasteiger partial charge in [0.15, 0.2) is 0 Å². The van der Waals surface area contributed by atoms with Gasteiger partial charge >= 0.3 is 6.18 Å². The van der Waals surface area contributed by atoms with Gasteiger partial charge in [0.1, 0.15) is 11.5 Å². The minimum absolute atomic E-state index is 0.647. The van der Waals surface area contributed by atoms with E-state index in [0.29, 0.717) is 17.3 Å². The van der Waals surface area contributed by atoms with E-state index in [9.17, 15) is 13.2 Å². The first kappa shape index (κ1) is 18.5. The first-order valence-electron chi connectivity index (χ1n) is 9.49. The van der Waals surface area contributed by atoms with Crippen molar-refractivity contribution < 1.29 is 17.7 Å². The molecule has 2 aliphatic rings. The largest absolute Gasteiger partial charge is 0.416 e. The van der Waals surface area contributed by atoms with Gasteiger partial charge in [-0.1, -0.05) is 17.3 Å². The van der Waals surface area contributed by atoms with Crippen LogP contribution >= 0.6 is 0 Å². The third-order valence-corrected chi connectivity index (χ3v) is 5.84. The summed E-state index contributed by atoms with van der Waals surface area (Å²) in [6.07, 6.45) is 0.150. The summed E-state index contributed by atoms with van der Waals surface area (Å²) in [4.78, 5) is 4.84. The molecule has 0 radical (unpaired) electrons. The summed E-state index contributed by atoms with van der Waals surface area (Å²) in [5.41, 5.74) is 1.71. The summed E-state index contributed by atoms with van der Waals surface area (Å²) in [6, 6.07) is 5.82. The van der Waals surface area contributed by atoms with Crippen molar-refractivity contribution in [3.63, 3.8) is 0 Å². The van der Waals surface area contributed by atoms with E-state index < -0.39 is 11.7 Å². The molecule has 1 aromatic heterocycles. The molecule has 7 heteroatoms. The minimum Gasteiger partial charge on any atom is -0.360 e. The van der Waals surface area contributed by atoms with E-state index in [-0.39, 0.29) is 0 Å². The maximum absolute atomic E-state index is 12.8. The zero-order valence-corrected chi connectivity index (χ0v) is 15.4. The Morgan fingerprint density at radius 1 is 1.19 bits per heavy atom. The molecule has 0 N–H and O–H groups in total. The first-order chi connectivity index (χ1) is 12.9. The van der Waals surface area contributed by atoms with Gasteiger partial charge in [-0.25, -0.2) is 0 Å². The van der Waals surface area contributed by atoms with Gasteiger partial charge in [0.05, 0.1) is 5.56 Å². The van der Waals surface area contributed by atoms with E-state index in [0.717, 1.165) is 55.9 Å². The van der Waals surface area contributed by atoms with E-state index >= 15 is 0 Å². The fourth-order valence-corrected chi connectivity index (χ4v) is 4.18. The topological polar surface area (TPSA) is 32.5 Å². The molecule has 4 nitrogen and oxygen atoms in total. The van der Waals surface area contributed by atoms with Crippen LogP contribution in [0.2, 0.25) is 0 Å². The summed E-state index contributed by atoms with van der Waals surface area (Å²) >= 11 is 0. The van der Waals surface area contributed by atoms with Crippen LogP contribution in [-0.4, -0.2) is 47.7 Å². The van der Waals surface area contributed by atoms with Gasteiger partial charge < -0.3 is 9.42 Å². The third kappa shape index (κ3) is 3.89. The molecule has 3 heterocycles. The van der Waals surface area contributed by atoms with Crippen LogP contribution in [0.1, 0.15) is 36.1 Å². The average molecular weight is 379 g/mol. The summed E-state index contributed by atoms with van der Waals surface area (Å²) in [6.45, 7) is 3.88. The van der Waals surface area contributed by atoms with Crippen LogP contribution in [0.5, 0.6) is 0 Å². The van der Waals surface area contributed by atoms with Crippen molar-refractivity contribution in [2.24, 2.45) is 0 Å². The van der Waals surface area contributed by atoms with E-state index in [4.69, 9.17) is 4.52 Å². The van der Waals surface area contributed by atoms with Crippen molar-refractivity contribution in [1.82, 2.24) is 15.0 Å². The van der Waals surface area contributed by atoms with Gasteiger partial charge in [0.2, 0.25) is 0 Å². The highest BCUT2D eigenvalue weighted by Gasteiger charge is 2.31. The lowest BCUT2D eigenvalue weighted by Gasteiger charge is -2.28. The van der Waals surface area contributed by atoms with Gasteiger partial charge in [-0.15, -0.1) is 0 Å². The zero-order chi connectivity index (χ0) is 19.0. The van der Waals surface area contributed by atoms with Crippen molar-refractivity contribution in [3.05, 3.63) is 41.2 Å². The predicted molar refractivity (Wildman–Crippen MR) is 96.2 cm³/mol. The summed E-state index contributed by atoms with van der Waals surface area (Å²) < 4.78 is 43.8. The Morgan fingerprint density at radius 3 is 2.63 bits per heavy atom. The Balaban J connectivity index is 1.46. The molecule has 0 bridgehead atoms. The number of nitrogens with zero attached hydrogens (tertiary/aromatic N) is 3. The lowest BCUT2D eigenvalue weighted by molar-refractivity contribution is -0.137. The standard InChI is InChI=1S/C20H24F3N3O/c1-25-10-2-3-16(25)8-11-26-12-9-18-17(13-26)19(24-27-18)14-4-6-15(7-5-14)20(21,22)23/h4-7,16H,2-3,8-13H2,1H3/t16-/m1/s1. The van der Waals surface area contributed by atoms with Crippen molar-refractivity contribution in [3.8, 4) is 11.3 Å². The van der Waals surface area contributed by atoms with Crippen LogP contribution < -0.4 is 0 Å². The van der Waals surface area contributed by atoms with Crippen molar-refractivity contribution in [2.75, 3.05) is 26.7 Å². The number of hydrogen-bond donors (Lipinski definition) is 0. The molecule has 0 aliphatic carbocycles. The first-order valence-corrected chi connectivity index (χ1v) is 9.49. The molecular formula is C20H24F3N3O.